The molecule has 23 heavy (non-hydrogen) atoms. The van der Waals surface area contributed by atoms with Crippen LogP contribution in [0.1, 0.15) is 55.4 Å². The average Bonchev–Trinajstić information content (AvgIpc) is 2.55. The van der Waals surface area contributed by atoms with Gasteiger partial charge >= 0.3 is 13.2 Å². The van der Waals surface area contributed by atoms with Crippen LogP contribution in [0.25, 0.3) is 0 Å². The van der Waals surface area contributed by atoms with Crippen LogP contribution in [0.2, 0.25) is 0 Å². The molecule has 0 aromatic heterocycles. The van der Waals surface area contributed by atoms with Gasteiger partial charge in [0.1, 0.15) is 5.60 Å². The van der Waals surface area contributed by atoms with Crippen molar-refractivity contribution in [3.05, 3.63) is 11.5 Å². The Hall–Kier alpha value is -1.01. The normalized spacial score (nSPS) is 27.0. The molecule has 0 saturated carbocycles. The molecule has 0 aliphatic carbocycles. The third-order valence-electron chi connectivity index (χ3n) is 4.79. The fourth-order valence-corrected chi connectivity index (χ4v) is 2.71. The molecule has 2 aliphatic rings. The van der Waals surface area contributed by atoms with Crippen LogP contribution in [-0.2, 0) is 14.0 Å². The minimum atomic E-state index is -0.476. The first-order valence-corrected chi connectivity index (χ1v) is 8.36. The zero-order valence-corrected chi connectivity index (χ0v) is 15.7. The molecule has 1 unspecified atom stereocenters. The number of rotatable bonds is 1. The highest BCUT2D eigenvalue weighted by Gasteiger charge is 2.53. The van der Waals surface area contributed by atoms with Crippen molar-refractivity contribution in [3.8, 4) is 0 Å². The summed E-state index contributed by atoms with van der Waals surface area (Å²) >= 11 is 0. The lowest BCUT2D eigenvalue weighted by Gasteiger charge is -2.33. The standard InChI is InChI=1S/C17H30BNO4/c1-12-11-19(14(20)21-15(2,3)4)10-9-13(12)18-22-16(5,6)17(7,8)23-18/h9,12H,10-11H2,1-8H3. The predicted octanol–water partition coefficient (Wildman–Crippen LogP) is 3.43. The van der Waals surface area contributed by atoms with Gasteiger partial charge in [-0.3, -0.25) is 0 Å². The summed E-state index contributed by atoms with van der Waals surface area (Å²) in [7, 11) is -0.337. The van der Waals surface area contributed by atoms with Gasteiger partial charge in [-0.2, -0.15) is 0 Å². The smallest absolute Gasteiger partial charge is 0.444 e. The number of hydrogen-bond donors (Lipinski definition) is 0. The van der Waals surface area contributed by atoms with Gasteiger partial charge in [0.15, 0.2) is 0 Å². The fourth-order valence-electron chi connectivity index (χ4n) is 2.71. The largest absolute Gasteiger partial charge is 0.490 e. The number of nitrogens with zero attached hydrogens (tertiary/aromatic N) is 1. The summed E-state index contributed by atoms with van der Waals surface area (Å²) in [5.74, 6) is 0.172. The highest BCUT2D eigenvalue weighted by Crippen LogP contribution is 2.40. The molecule has 0 bridgehead atoms. The van der Waals surface area contributed by atoms with Crippen molar-refractivity contribution in [3.63, 3.8) is 0 Å². The lowest BCUT2D eigenvalue weighted by Crippen LogP contribution is -2.44. The molecule has 2 aliphatic heterocycles. The Morgan fingerprint density at radius 3 is 2.22 bits per heavy atom. The van der Waals surface area contributed by atoms with Crippen molar-refractivity contribution in [2.75, 3.05) is 13.1 Å². The van der Waals surface area contributed by atoms with Gasteiger partial charge in [0.25, 0.3) is 0 Å². The zero-order valence-electron chi connectivity index (χ0n) is 15.7. The fraction of sp³-hybridized carbons (Fsp3) is 0.824. The third kappa shape index (κ3) is 3.91. The van der Waals surface area contributed by atoms with Crippen LogP contribution in [0, 0.1) is 5.92 Å². The van der Waals surface area contributed by atoms with E-state index >= 15 is 0 Å². The molecule has 1 fully saturated rings. The van der Waals surface area contributed by atoms with Crippen molar-refractivity contribution in [2.45, 2.75) is 72.2 Å². The van der Waals surface area contributed by atoms with Gasteiger partial charge in [0.2, 0.25) is 0 Å². The summed E-state index contributed by atoms with van der Waals surface area (Å²) in [6.45, 7) is 17.1. The summed E-state index contributed by atoms with van der Waals surface area (Å²) in [5.41, 5.74) is -0.0552. The first-order valence-electron chi connectivity index (χ1n) is 8.36. The SMILES string of the molecule is CC1CN(C(=O)OC(C)(C)C)CC=C1B1OC(C)(C)C(C)(C)O1. The summed E-state index contributed by atoms with van der Waals surface area (Å²) in [6, 6.07) is 0. The van der Waals surface area contributed by atoms with E-state index in [1.807, 2.05) is 54.5 Å². The molecule has 0 aromatic carbocycles. The minimum Gasteiger partial charge on any atom is -0.444 e. The van der Waals surface area contributed by atoms with Crippen LogP contribution in [0.15, 0.2) is 11.5 Å². The number of carbonyl (C=O) groups is 1. The summed E-state index contributed by atoms with van der Waals surface area (Å²) in [6.07, 6.45) is 1.77. The van der Waals surface area contributed by atoms with Crippen LogP contribution in [-0.4, -0.2) is 48.0 Å². The molecule has 0 spiro atoms. The average molecular weight is 323 g/mol. The van der Waals surface area contributed by atoms with E-state index in [9.17, 15) is 4.79 Å². The van der Waals surface area contributed by atoms with Crippen LogP contribution in [0.3, 0.4) is 0 Å². The lowest BCUT2D eigenvalue weighted by atomic mass is 9.70. The van der Waals surface area contributed by atoms with Gasteiger partial charge in [0.05, 0.1) is 11.2 Å². The summed E-state index contributed by atoms with van der Waals surface area (Å²) in [5, 5.41) is 0. The van der Waals surface area contributed by atoms with Gasteiger partial charge < -0.3 is 18.9 Å². The van der Waals surface area contributed by atoms with Crippen molar-refractivity contribution in [2.24, 2.45) is 5.92 Å². The Morgan fingerprint density at radius 2 is 1.78 bits per heavy atom. The van der Waals surface area contributed by atoms with E-state index < -0.39 is 5.60 Å². The second-order valence-corrected chi connectivity index (χ2v) is 8.58. The molecule has 1 amide bonds. The monoisotopic (exact) mass is 323 g/mol. The zero-order chi connectivity index (χ0) is 17.6. The first-order chi connectivity index (χ1) is 10.3. The van der Waals surface area contributed by atoms with Gasteiger partial charge in [-0.05, 0) is 59.9 Å². The topological polar surface area (TPSA) is 48.0 Å². The maximum Gasteiger partial charge on any atom is 0.490 e. The minimum absolute atomic E-state index is 0.172. The van der Waals surface area contributed by atoms with Crippen LogP contribution >= 0.6 is 0 Å². The van der Waals surface area contributed by atoms with Crippen molar-refractivity contribution >= 4 is 13.2 Å². The number of carbonyl (C=O) groups excluding carboxylic acids is 1. The quantitative estimate of drug-likeness (QED) is 0.694. The molecule has 6 heteroatoms. The molecule has 0 aromatic rings. The first kappa shape index (κ1) is 18.3. The molecule has 2 heterocycles. The Labute approximate surface area is 140 Å². The van der Waals surface area contributed by atoms with E-state index in [4.69, 9.17) is 14.0 Å². The Kier molecular flexibility index (Phi) is 4.64. The van der Waals surface area contributed by atoms with Gasteiger partial charge in [-0.25, -0.2) is 4.79 Å². The maximum atomic E-state index is 12.2. The van der Waals surface area contributed by atoms with Crippen molar-refractivity contribution in [1.29, 1.82) is 0 Å². The van der Waals surface area contributed by atoms with E-state index in [2.05, 4.69) is 6.92 Å². The summed E-state index contributed by atoms with van der Waals surface area (Å²) in [4.78, 5) is 13.9. The van der Waals surface area contributed by atoms with E-state index in [0.717, 1.165) is 5.47 Å². The van der Waals surface area contributed by atoms with Crippen LogP contribution in [0.4, 0.5) is 4.79 Å². The van der Waals surface area contributed by atoms with E-state index in [-0.39, 0.29) is 30.3 Å². The van der Waals surface area contributed by atoms with Crippen molar-refractivity contribution < 1.29 is 18.8 Å². The van der Waals surface area contributed by atoms with Crippen LogP contribution in [0.5, 0.6) is 0 Å². The summed E-state index contributed by atoms with van der Waals surface area (Å²) < 4.78 is 17.7. The molecule has 1 saturated heterocycles. The van der Waals surface area contributed by atoms with Crippen LogP contribution < -0.4 is 0 Å². The lowest BCUT2D eigenvalue weighted by molar-refractivity contribution is 0.00578. The molecule has 1 atom stereocenters. The Bertz CT molecular complexity index is 491. The Morgan fingerprint density at radius 1 is 1.26 bits per heavy atom. The van der Waals surface area contributed by atoms with Gasteiger partial charge in [-0.1, -0.05) is 13.0 Å². The number of amides is 1. The van der Waals surface area contributed by atoms with Gasteiger partial charge in [0, 0.05) is 13.1 Å². The third-order valence-corrected chi connectivity index (χ3v) is 4.79. The van der Waals surface area contributed by atoms with Crippen molar-refractivity contribution in [1.82, 2.24) is 4.90 Å². The number of ether oxygens (including phenoxy) is 1. The predicted molar refractivity (Wildman–Crippen MR) is 91.1 cm³/mol. The molecule has 130 valence electrons. The van der Waals surface area contributed by atoms with E-state index in [1.165, 1.54) is 0 Å². The highest BCUT2D eigenvalue weighted by molar-refractivity contribution is 6.54. The van der Waals surface area contributed by atoms with E-state index in [0.29, 0.717) is 13.1 Å². The molecule has 5 nitrogen and oxygen atoms in total. The molecule has 2 rings (SSSR count). The molecule has 0 N–H and O–H groups in total. The van der Waals surface area contributed by atoms with Gasteiger partial charge in [-0.15, -0.1) is 0 Å². The second kappa shape index (κ2) is 5.81. The maximum absolute atomic E-state index is 12.2. The van der Waals surface area contributed by atoms with E-state index in [1.54, 1.807) is 4.90 Å². The molecular formula is C17H30BNO4. The second-order valence-electron chi connectivity index (χ2n) is 8.58. The molecule has 0 radical (unpaired) electrons. The Balaban J connectivity index is 2.06. The number of hydrogen-bond acceptors (Lipinski definition) is 4. The molecular weight excluding hydrogens is 293 g/mol. The highest BCUT2D eigenvalue weighted by atomic mass is 16.7.